The predicted octanol–water partition coefficient (Wildman–Crippen LogP) is 4.86. The van der Waals surface area contributed by atoms with Gasteiger partial charge < -0.3 is 24.6 Å². The lowest BCUT2D eigenvalue weighted by molar-refractivity contribution is -0.384. The Hall–Kier alpha value is -4.36. The van der Waals surface area contributed by atoms with E-state index >= 15 is 0 Å². The average molecular weight is 563 g/mol. The third-order valence-corrected chi connectivity index (χ3v) is 7.91. The van der Waals surface area contributed by atoms with E-state index in [0.717, 1.165) is 42.3 Å². The Kier molecular flexibility index (Phi) is 8.03. The lowest BCUT2D eigenvalue weighted by atomic mass is 10.0. The van der Waals surface area contributed by atoms with Gasteiger partial charge in [0.2, 0.25) is 5.95 Å². The van der Waals surface area contributed by atoms with E-state index in [1.807, 2.05) is 24.3 Å². The molecule has 0 aliphatic carbocycles. The summed E-state index contributed by atoms with van der Waals surface area (Å²) in [5.41, 5.74) is 2.42. The molecule has 2 aromatic heterocycles. The molecule has 13 heteroatoms. The van der Waals surface area contributed by atoms with Gasteiger partial charge in [-0.05, 0) is 57.3 Å². The molecule has 3 heterocycles. The fourth-order valence-corrected chi connectivity index (χ4v) is 5.50. The van der Waals surface area contributed by atoms with Crippen LogP contribution in [0.5, 0.6) is 11.5 Å². The summed E-state index contributed by atoms with van der Waals surface area (Å²) in [6.45, 7) is 1.45. The molecule has 1 aliphatic rings. The number of aromatic nitrogens is 4. The average Bonchev–Trinajstić information content (AvgIpc) is 3.48. The summed E-state index contributed by atoms with van der Waals surface area (Å²) in [6, 6.07) is 13.0. The monoisotopic (exact) mass is 562 g/mol. The standard InChI is InChI=1S/C27H30N8O4S/c1-33(2)18-10-13-34(14-11-18)22-16-24(39-4)21(15-23(22)35(36)37)30-27-28-12-9-20(29-27)26-32-31-25(40-26)17-5-7-19(38-3)8-6-17/h5-9,12,15-16,18H,10-11,13-14H2,1-4H3,(H,28,29,30). The highest BCUT2D eigenvalue weighted by atomic mass is 32.1. The maximum atomic E-state index is 12.1. The second-order valence-electron chi connectivity index (χ2n) is 9.51. The number of hydrogen-bond acceptors (Lipinski definition) is 12. The lowest BCUT2D eigenvalue weighted by Crippen LogP contribution is -2.42. The van der Waals surface area contributed by atoms with Crippen LogP contribution in [0.3, 0.4) is 0 Å². The predicted molar refractivity (Wildman–Crippen MR) is 155 cm³/mol. The minimum Gasteiger partial charge on any atom is -0.497 e. The molecular weight excluding hydrogens is 532 g/mol. The molecule has 2 aromatic carbocycles. The second kappa shape index (κ2) is 11.8. The van der Waals surface area contributed by atoms with Crippen molar-refractivity contribution in [2.24, 2.45) is 0 Å². The zero-order valence-electron chi connectivity index (χ0n) is 22.7. The van der Waals surface area contributed by atoms with Gasteiger partial charge in [-0.25, -0.2) is 9.97 Å². The third-order valence-electron chi connectivity index (χ3n) is 6.91. The van der Waals surface area contributed by atoms with Crippen molar-refractivity contribution in [1.29, 1.82) is 0 Å². The Labute approximate surface area is 235 Å². The first kappa shape index (κ1) is 27.2. The van der Waals surface area contributed by atoms with Gasteiger partial charge in [0.05, 0.1) is 24.8 Å². The first-order valence-electron chi connectivity index (χ1n) is 12.7. The second-order valence-corrected chi connectivity index (χ2v) is 10.5. The van der Waals surface area contributed by atoms with E-state index in [-0.39, 0.29) is 16.6 Å². The Morgan fingerprint density at radius 1 is 1.05 bits per heavy atom. The zero-order chi connectivity index (χ0) is 28.2. The number of nitro benzene ring substituents is 1. The van der Waals surface area contributed by atoms with Gasteiger partial charge in [-0.15, -0.1) is 10.2 Å². The number of hydrogen-bond donors (Lipinski definition) is 1. The van der Waals surface area contributed by atoms with Crippen molar-refractivity contribution in [1.82, 2.24) is 25.1 Å². The first-order valence-corrected chi connectivity index (χ1v) is 13.5. The van der Waals surface area contributed by atoms with E-state index in [0.29, 0.717) is 33.9 Å². The number of rotatable bonds is 9. The highest BCUT2D eigenvalue weighted by molar-refractivity contribution is 7.17. The molecule has 0 spiro atoms. The fraction of sp³-hybridized carbons (Fsp3) is 0.333. The smallest absolute Gasteiger partial charge is 0.294 e. The van der Waals surface area contributed by atoms with Gasteiger partial charge in [0.1, 0.15) is 27.9 Å². The number of nitrogens with zero attached hydrogens (tertiary/aromatic N) is 7. The van der Waals surface area contributed by atoms with Crippen molar-refractivity contribution in [2.75, 3.05) is 51.6 Å². The summed E-state index contributed by atoms with van der Waals surface area (Å²) in [6.07, 6.45) is 3.46. The van der Waals surface area contributed by atoms with E-state index in [9.17, 15) is 10.1 Å². The third kappa shape index (κ3) is 5.80. The van der Waals surface area contributed by atoms with Crippen LogP contribution < -0.4 is 19.7 Å². The molecule has 1 fully saturated rings. The highest BCUT2D eigenvalue weighted by Crippen LogP contribution is 2.40. The number of piperidine rings is 1. The van der Waals surface area contributed by atoms with Crippen LogP contribution in [0.2, 0.25) is 0 Å². The van der Waals surface area contributed by atoms with Gasteiger partial charge in [-0.1, -0.05) is 11.3 Å². The summed E-state index contributed by atoms with van der Waals surface area (Å²) in [4.78, 5) is 24.9. The van der Waals surface area contributed by atoms with Crippen LogP contribution >= 0.6 is 11.3 Å². The van der Waals surface area contributed by atoms with Gasteiger partial charge in [-0.2, -0.15) is 0 Å². The van der Waals surface area contributed by atoms with Crippen LogP contribution in [0.25, 0.3) is 21.3 Å². The number of ether oxygens (including phenoxy) is 2. The van der Waals surface area contributed by atoms with Crippen LogP contribution in [0.15, 0.2) is 48.7 Å². The Balaban J connectivity index is 1.39. The molecule has 1 saturated heterocycles. The molecule has 4 aromatic rings. The quantitative estimate of drug-likeness (QED) is 0.221. The molecule has 1 N–H and O–H groups in total. The number of anilines is 3. The topological polar surface area (TPSA) is 132 Å². The fourth-order valence-electron chi connectivity index (χ4n) is 4.68. The normalized spacial score (nSPS) is 13.9. The number of methoxy groups -OCH3 is 2. The summed E-state index contributed by atoms with van der Waals surface area (Å²) in [7, 11) is 7.28. The molecule has 208 valence electrons. The van der Waals surface area contributed by atoms with Crippen molar-refractivity contribution < 1.29 is 14.4 Å². The zero-order valence-corrected chi connectivity index (χ0v) is 23.5. The van der Waals surface area contributed by atoms with Gasteiger partial charge in [0.15, 0.2) is 5.01 Å². The van der Waals surface area contributed by atoms with Crippen LogP contribution in [0.1, 0.15) is 12.8 Å². The molecule has 12 nitrogen and oxygen atoms in total. The number of benzene rings is 2. The van der Waals surface area contributed by atoms with Crippen molar-refractivity contribution in [3.8, 4) is 32.8 Å². The Morgan fingerprint density at radius 3 is 2.42 bits per heavy atom. The summed E-state index contributed by atoms with van der Waals surface area (Å²) < 4.78 is 10.8. The molecule has 0 saturated carbocycles. The SMILES string of the molecule is COc1ccc(-c2nnc(-c3ccnc(Nc4cc([N+](=O)[O-])c(N5CCC(N(C)C)CC5)cc4OC)n3)s2)cc1. The molecule has 0 bridgehead atoms. The van der Waals surface area contributed by atoms with Crippen LogP contribution in [-0.2, 0) is 0 Å². The summed E-state index contributed by atoms with van der Waals surface area (Å²) >= 11 is 1.40. The first-order chi connectivity index (χ1) is 19.4. The molecule has 0 atom stereocenters. The maximum Gasteiger partial charge on any atom is 0.294 e. The highest BCUT2D eigenvalue weighted by Gasteiger charge is 2.28. The lowest BCUT2D eigenvalue weighted by Gasteiger charge is -2.36. The Bertz CT molecular complexity index is 1490. The molecule has 0 unspecified atom stereocenters. The molecule has 0 amide bonds. The van der Waals surface area contributed by atoms with Crippen molar-refractivity contribution >= 4 is 34.3 Å². The van der Waals surface area contributed by atoms with E-state index in [2.05, 4.69) is 49.4 Å². The van der Waals surface area contributed by atoms with Crippen LogP contribution in [-0.4, -0.2) is 77.4 Å². The van der Waals surface area contributed by atoms with Gasteiger partial charge >= 0.3 is 0 Å². The van der Waals surface area contributed by atoms with E-state index in [4.69, 9.17) is 9.47 Å². The van der Waals surface area contributed by atoms with Crippen LogP contribution in [0, 0.1) is 10.1 Å². The van der Waals surface area contributed by atoms with E-state index < -0.39 is 0 Å². The molecule has 1 aliphatic heterocycles. The van der Waals surface area contributed by atoms with Crippen molar-refractivity contribution in [3.63, 3.8) is 0 Å². The Morgan fingerprint density at radius 2 is 1.77 bits per heavy atom. The molecular formula is C27H30N8O4S. The summed E-state index contributed by atoms with van der Waals surface area (Å²) in [5, 5.41) is 25.1. The molecule has 5 rings (SSSR count). The largest absolute Gasteiger partial charge is 0.497 e. The molecule has 40 heavy (non-hydrogen) atoms. The van der Waals surface area contributed by atoms with E-state index in [1.165, 1.54) is 24.5 Å². The van der Waals surface area contributed by atoms with Gasteiger partial charge in [-0.3, -0.25) is 10.1 Å². The number of nitro groups is 1. The van der Waals surface area contributed by atoms with Gasteiger partial charge in [0, 0.05) is 43.0 Å². The molecule has 0 radical (unpaired) electrons. The maximum absolute atomic E-state index is 12.1. The number of nitrogens with one attached hydrogen (secondary N) is 1. The minimum absolute atomic E-state index is 0.00369. The van der Waals surface area contributed by atoms with Crippen molar-refractivity contribution in [2.45, 2.75) is 18.9 Å². The van der Waals surface area contributed by atoms with Gasteiger partial charge in [0.25, 0.3) is 5.69 Å². The van der Waals surface area contributed by atoms with Crippen LogP contribution in [0.4, 0.5) is 23.0 Å². The van der Waals surface area contributed by atoms with Crippen molar-refractivity contribution in [3.05, 3.63) is 58.8 Å². The van der Waals surface area contributed by atoms with E-state index in [1.54, 1.807) is 25.4 Å². The summed E-state index contributed by atoms with van der Waals surface area (Å²) in [5.74, 6) is 1.48. The minimum atomic E-state index is -0.364.